The first-order valence-corrected chi connectivity index (χ1v) is 10.8. The number of rotatable bonds is 9. The molecule has 0 aliphatic carbocycles. The number of nitrogens with zero attached hydrogens (tertiary/aromatic N) is 2. The molecule has 1 heterocycles. The van der Waals surface area contributed by atoms with Crippen molar-refractivity contribution in [1.82, 2.24) is 5.16 Å². The largest absolute Gasteiger partial charge is 0.399 e. The minimum Gasteiger partial charge on any atom is -0.399 e. The van der Waals surface area contributed by atoms with E-state index in [9.17, 15) is 8.42 Å². The quantitative estimate of drug-likeness (QED) is 0.314. The maximum absolute atomic E-state index is 13.7. The molecule has 160 valence electrons. The molecule has 0 saturated heterocycles. The molecule has 2 aromatic carbocycles. The highest BCUT2D eigenvalue weighted by Gasteiger charge is 2.32. The Balaban J connectivity index is 2.07. The molecule has 3 aromatic rings. The fourth-order valence-electron chi connectivity index (χ4n) is 2.87. The van der Waals surface area contributed by atoms with Gasteiger partial charge in [-0.2, -0.15) is 0 Å². The number of aryl methyl sites for hydroxylation is 1. The molecule has 8 nitrogen and oxygen atoms in total. The molecule has 9 heteroatoms. The van der Waals surface area contributed by atoms with Crippen molar-refractivity contribution in [3.8, 4) is 11.1 Å². The van der Waals surface area contributed by atoms with E-state index < -0.39 is 10.0 Å². The van der Waals surface area contributed by atoms with Crippen LogP contribution < -0.4 is 10.0 Å². The average molecular weight is 432 g/mol. The summed E-state index contributed by atoms with van der Waals surface area (Å²) in [7, 11) is -2.49. The number of methoxy groups -OCH3 is 1. The molecule has 0 fully saturated rings. The number of nitrogens with two attached hydrogens (primary N) is 1. The van der Waals surface area contributed by atoms with E-state index in [4.69, 9.17) is 19.7 Å². The van der Waals surface area contributed by atoms with Crippen LogP contribution in [0.25, 0.3) is 11.1 Å². The Bertz CT molecular complexity index is 1090. The Labute approximate surface area is 176 Å². The number of sulfonamides is 1. The molecule has 0 aliphatic rings. The topological polar surface area (TPSA) is 108 Å². The molecule has 0 amide bonds. The lowest BCUT2D eigenvalue weighted by Gasteiger charge is -2.23. The third-order valence-corrected chi connectivity index (χ3v) is 6.44. The molecular weight excluding hydrogens is 406 g/mol. The van der Waals surface area contributed by atoms with Crippen LogP contribution in [0.5, 0.6) is 0 Å². The van der Waals surface area contributed by atoms with Crippen LogP contribution in [0.3, 0.4) is 0 Å². The lowest BCUT2D eigenvalue weighted by Crippen LogP contribution is -2.34. The van der Waals surface area contributed by atoms with Crippen LogP contribution in [0.2, 0.25) is 0 Å². The standard InChI is InChI=1S/C21H25N3O5S/c1-15-16(2)23-29-21(15)24(14-28-13-12-27-3)30(25,26)20-7-5-4-6-19(20)17-8-10-18(22)11-9-17/h4-11H,12-14,22H2,1-3H3. The van der Waals surface area contributed by atoms with Crippen molar-refractivity contribution in [3.63, 3.8) is 0 Å². The molecule has 0 radical (unpaired) electrons. The first-order chi connectivity index (χ1) is 14.4. The van der Waals surface area contributed by atoms with Crippen molar-refractivity contribution in [2.75, 3.05) is 37.1 Å². The minimum atomic E-state index is -4.04. The van der Waals surface area contributed by atoms with E-state index in [1.54, 1.807) is 69.5 Å². The second-order valence-electron chi connectivity index (χ2n) is 6.70. The maximum Gasteiger partial charge on any atom is 0.269 e. The molecule has 30 heavy (non-hydrogen) atoms. The fourth-order valence-corrected chi connectivity index (χ4v) is 4.43. The summed E-state index contributed by atoms with van der Waals surface area (Å²) in [6.45, 7) is 3.84. The van der Waals surface area contributed by atoms with Gasteiger partial charge in [0.1, 0.15) is 6.73 Å². The van der Waals surface area contributed by atoms with Gasteiger partial charge in [-0.15, -0.1) is 0 Å². The van der Waals surface area contributed by atoms with E-state index in [0.29, 0.717) is 29.1 Å². The Morgan fingerprint density at radius 2 is 1.77 bits per heavy atom. The number of hydrogen-bond donors (Lipinski definition) is 1. The van der Waals surface area contributed by atoms with Crippen molar-refractivity contribution in [3.05, 3.63) is 59.8 Å². The number of anilines is 2. The fraction of sp³-hybridized carbons (Fsp3) is 0.286. The first-order valence-electron chi connectivity index (χ1n) is 9.33. The second-order valence-corrected chi connectivity index (χ2v) is 8.53. The van der Waals surface area contributed by atoms with Gasteiger partial charge >= 0.3 is 0 Å². The van der Waals surface area contributed by atoms with Gasteiger partial charge in [-0.1, -0.05) is 35.5 Å². The summed E-state index contributed by atoms with van der Waals surface area (Å²) in [4.78, 5) is 0.124. The van der Waals surface area contributed by atoms with Gasteiger partial charge in [-0.25, -0.2) is 12.7 Å². The van der Waals surface area contributed by atoms with Crippen LogP contribution in [0.15, 0.2) is 57.9 Å². The van der Waals surface area contributed by atoms with Gasteiger partial charge in [0, 0.05) is 23.9 Å². The van der Waals surface area contributed by atoms with E-state index in [-0.39, 0.29) is 24.1 Å². The Morgan fingerprint density at radius 1 is 1.07 bits per heavy atom. The van der Waals surface area contributed by atoms with E-state index >= 15 is 0 Å². The SMILES string of the molecule is COCCOCN(c1onc(C)c1C)S(=O)(=O)c1ccccc1-c1ccc(N)cc1. The smallest absolute Gasteiger partial charge is 0.269 e. The Hall–Kier alpha value is -2.88. The van der Waals surface area contributed by atoms with Gasteiger partial charge < -0.3 is 19.7 Å². The zero-order valence-electron chi connectivity index (χ0n) is 17.2. The monoisotopic (exact) mass is 431 g/mol. The number of aromatic nitrogens is 1. The lowest BCUT2D eigenvalue weighted by atomic mass is 10.1. The van der Waals surface area contributed by atoms with E-state index in [1.807, 2.05) is 0 Å². The number of hydrogen-bond acceptors (Lipinski definition) is 7. The van der Waals surface area contributed by atoms with Crippen molar-refractivity contribution in [2.45, 2.75) is 18.7 Å². The van der Waals surface area contributed by atoms with Gasteiger partial charge in [-0.3, -0.25) is 0 Å². The number of nitrogen functional groups attached to an aromatic ring is 1. The van der Waals surface area contributed by atoms with Crippen molar-refractivity contribution >= 4 is 21.6 Å². The normalized spacial score (nSPS) is 11.6. The van der Waals surface area contributed by atoms with E-state index in [1.165, 1.54) is 0 Å². The van der Waals surface area contributed by atoms with Crippen molar-refractivity contribution in [2.24, 2.45) is 0 Å². The van der Waals surface area contributed by atoms with Crippen LogP contribution in [0.4, 0.5) is 11.6 Å². The molecular formula is C21H25N3O5S. The van der Waals surface area contributed by atoms with Gasteiger partial charge in [-0.05, 0) is 37.6 Å². The molecule has 2 N–H and O–H groups in total. The number of benzene rings is 2. The van der Waals surface area contributed by atoms with Gasteiger partial charge in [0.15, 0.2) is 0 Å². The zero-order valence-corrected chi connectivity index (χ0v) is 18.0. The van der Waals surface area contributed by atoms with E-state index in [2.05, 4.69) is 5.16 Å². The maximum atomic E-state index is 13.7. The summed E-state index contributed by atoms with van der Waals surface area (Å²) in [5.74, 6) is 0.122. The molecule has 0 unspecified atom stereocenters. The van der Waals surface area contributed by atoms with Crippen molar-refractivity contribution < 1.29 is 22.4 Å². The predicted molar refractivity (Wildman–Crippen MR) is 115 cm³/mol. The molecule has 3 rings (SSSR count). The third-order valence-electron chi connectivity index (χ3n) is 4.68. The zero-order chi connectivity index (χ0) is 21.7. The first kappa shape index (κ1) is 21.8. The van der Waals surface area contributed by atoms with Gasteiger partial charge in [0.05, 0.1) is 23.8 Å². The highest BCUT2D eigenvalue weighted by molar-refractivity contribution is 7.93. The van der Waals surface area contributed by atoms with Crippen LogP contribution >= 0.6 is 0 Å². The van der Waals surface area contributed by atoms with Gasteiger partial charge in [0.2, 0.25) is 5.88 Å². The lowest BCUT2D eigenvalue weighted by molar-refractivity contribution is 0.0744. The second kappa shape index (κ2) is 9.29. The molecule has 0 bridgehead atoms. The van der Waals surface area contributed by atoms with Crippen LogP contribution in [0.1, 0.15) is 11.3 Å². The van der Waals surface area contributed by atoms with Crippen LogP contribution in [-0.4, -0.2) is 40.6 Å². The minimum absolute atomic E-state index is 0.122. The summed E-state index contributed by atoms with van der Waals surface area (Å²) in [5, 5.41) is 3.90. The molecule has 1 aromatic heterocycles. The van der Waals surface area contributed by atoms with Crippen molar-refractivity contribution in [1.29, 1.82) is 0 Å². The Kier molecular flexibility index (Phi) is 6.76. The molecule has 0 aliphatic heterocycles. The molecule has 0 saturated carbocycles. The summed E-state index contributed by atoms with van der Waals surface area (Å²) in [5.41, 5.74) is 8.89. The third kappa shape index (κ3) is 4.48. The summed E-state index contributed by atoms with van der Waals surface area (Å²) in [6, 6.07) is 13.8. The number of ether oxygens (including phenoxy) is 2. The van der Waals surface area contributed by atoms with E-state index in [0.717, 1.165) is 9.87 Å². The molecule has 0 atom stereocenters. The predicted octanol–water partition coefficient (Wildman–Crippen LogP) is 3.36. The highest BCUT2D eigenvalue weighted by Crippen LogP contribution is 2.33. The summed E-state index contributed by atoms with van der Waals surface area (Å²) < 4.78 is 44.4. The molecule has 0 spiro atoms. The van der Waals surface area contributed by atoms with Crippen LogP contribution in [0, 0.1) is 13.8 Å². The van der Waals surface area contributed by atoms with Crippen LogP contribution in [-0.2, 0) is 19.5 Å². The summed E-state index contributed by atoms with van der Waals surface area (Å²) in [6.07, 6.45) is 0. The van der Waals surface area contributed by atoms with Gasteiger partial charge in [0.25, 0.3) is 10.0 Å². The Morgan fingerprint density at radius 3 is 2.40 bits per heavy atom. The highest BCUT2D eigenvalue weighted by atomic mass is 32.2. The summed E-state index contributed by atoms with van der Waals surface area (Å²) >= 11 is 0. The average Bonchev–Trinajstić information content (AvgIpc) is 3.07.